The number of nitrogens with zero attached hydrogens (tertiary/aromatic N) is 2. The Morgan fingerprint density at radius 2 is 2.21 bits per heavy atom. The summed E-state index contributed by atoms with van der Waals surface area (Å²) in [6.45, 7) is 9.53. The van der Waals surface area contributed by atoms with E-state index >= 15 is 0 Å². The Balaban J connectivity index is 2.26. The summed E-state index contributed by atoms with van der Waals surface area (Å²) in [4.78, 5) is 1.21. The predicted molar refractivity (Wildman–Crippen MR) is 77.4 cm³/mol. The third kappa shape index (κ3) is 3.42. The molecule has 1 N–H and O–H groups in total. The number of aromatic nitrogens is 2. The summed E-state index contributed by atoms with van der Waals surface area (Å²) in [5.41, 5.74) is 1.09. The van der Waals surface area contributed by atoms with Crippen molar-refractivity contribution < 1.29 is 4.42 Å². The van der Waals surface area contributed by atoms with Gasteiger partial charge >= 0.3 is 0 Å². The molecule has 1 unspecified atom stereocenters. The molecule has 0 amide bonds. The Labute approximate surface area is 118 Å². The smallest absolute Gasteiger partial charge is 0.105 e. The van der Waals surface area contributed by atoms with E-state index in [2.05, 4.69) is 42.6 Å². The van der Waals surface area contributed by atoms with Crippen LogP contribution in [0.5, 0.6) is 0 Å². The summed E-state index contributed by atoms with van der Waals surface area (Å²) in [6, 6.07) is 4.15. The number of likely N-dealkylation sites (N-methyl/N-ethyl adjacent to an activating group) is 1. The minimum atomic E-state index is 0.0131. The molecule has 0 bridgehead atoms. The standard InChI is InChI=1S/C14H21N3OS/c1-5-15-11(9-10-7-6-8-18-10)12-13(14(2,3)4)16-17-19-12/h6-8,11,15H,5,9H2,1-4H3. The van der Waals surface area contributed by atoms with Crippen LogP contribution >= 0.6 is 11.5 Å². The first-order valence-corrected chi connectivity index (χ1v) is 7.38. The van der Waals surface area contributed by atoms with Gasteiger partial charge in [0.15, 0.2) is 0 Å². The van der Waals surface area contributed by atoms with Gasteiger partial charge in [-0.15, -0.1) is 5.10 Å². The predicted octanol–water partition coefficient (Wildman–Crippen LogP) is 3.32. The third-order valence-electron chi connectivity index (χ3n) is 2.98. The Morgan fingerprint density at radius 3 is 2.79 bits per heavy atom. The lowest BCUT2D eigenvalue weighted by Gasteiger charge is -2.21. The molecule has 0 radical (unpaired) electrons. The lowest BCUT2D eigenvalue weighted by molar-refractivity contribution is 0.450. The number of rotatable bonds is 5. The number of hydrogen-bond donors (Lipinski definition) is 1. The molecule has 0 saturated carbocycles. The van der Waals surface area contributed by atoms with Crippen LogP contribution in [0.1, 0.15) is 50.1 Å². The van der Waals surface area contributed by atoms with E-state index in [0.29, 0.717) is 0 Å². The third-order valence-corrected chi connectivity index (χ3v) is 3.81. The Bertz CT molecular complexity index is 499. The van der Waals surface area contributed by atoms with Crippen LogP contribution in [0, 0.1) is 0 Å². The molecule has 0 fully saturated rings. The van der Waals surface area contributed by atoms with Crippen molar-refractivity contribution in [2.75, 3.05) is 6.54 Å². The topological polar surface area (TPSA) is 51.0 Å². The van der Waals surface area contributed by atoms with Gasteiger partial charge in [0.1, 0.15) is 5.76 Å². The molecule has 0 spiro atoms. The molecule has 0 saturated heterocycles. The zero-order chi connectivity index (χ0) is 13.9. The molecular weight excluding hydrogens is 258 g/mol. The van der Waals surface area contributed by atoms with Gasteiger partial charge in [0.05, 0.1) is 22.9 Å². The van der Waals surface area contributed by atoms with Crippen molar-refractivity contribution in [2.45, 2.75) is 45.6 Å². The molecule has 5 heteroatoms. The zero-order valence-electron chi connectivity index (χ0n) is 11.9. The van der Waals surface area contributed by atoms with E-state index in [1.54, 1.807) is 6.26 Å². The van der Waals surface area contributed by atoms with Crippen molar-refractivity contribution in [1.82, 2.24) is 14.9 Å². The lowest BCUT2D eigenvalue weighted by Crippen LogP contribution is -2.25. The van der Waals surface area contributed by atoms with Gasteiger partial charge in [0, 0.05) is 11.8 Å². The average Bonchev–Trinajstić information content (AvgIpc) is 2.98. The van der Waals surface area contributed by atoms with Crippen LogP contribution in [-0.2, 0) is 11.8 Å². The first-order valence-electron chi connectivity index (χ1n) is 6.61. The quantitative estimate of drug-likeness (QED) is 0.912. The Kier molecular flexibility index (Phi) is 4.37. The van der Waals surface area contributed by atoms with Gasteiger partial charge in [-0.3, -0.25) is 0 Å². The fourth-order valence-corrected chi connectivity index (χ4v) is 3.02. The highest BCUT2D eigenvalue weighted by molar-refractivity contribution is 7.05. The fourth-order valence-electron chi connectivity index (χ4n) is 2.08. The molecule has 4 nitrogen and oxygen atoms in total. The first kappa shape index (κ1) is 14.2. The van der Waals surface area contributed by atoms with Gasteiger partial charge in [-0.2, -0.15) is 0 Å². The summed E-state index contributed by atoms with van der Waals surface area (Å²) in [5.74, 6) is 0.985. The molecule has 2 rings (SSSR count). The van der Waals surface area contributed by atoms with Crippen LogP contribution < -0.4 is 5.32 Å². The van der Waals surface area contributed by atoms with Crippen molar-refractivity contribution in [1.29, 1.82) is 0 Å². The van der Waals surface area contributed by atoms with Crippen LogP contribution in [0.2, 0.25) is 0 Å². The molecule has 0 aliphatic carbocycles. The molecule has 0 aliphatic heterocycles. The van der Waals surface area contributed by atoms with Crippen LogP contribution in [0.4, 0.5) is 0 Å². The van der Waals surface area contributed by atoms with E-state index in [1.165, 1.54) is 16.4 Å². The molecule has 19 heavy (non-hydrogen) atoms. The monoisotopic (exact) mass is 279 g/mol. The molecule has 104 valence electrons. The van der Waals surface area contributed by atoms with E-state index in [1.807, 2.05) is 12.1 Å². The second-order valence-electron chi connectivity index (χ2n) is 5.63. The molecule has 2 aromatic heterocycles. The van der Waals surface area contributed by atoms with Gasteiger partial charge in [0.25, 0.3) is 0 Å². The van der Waals surface area contributed by atoms with Gasteiger partial charge in [0.2, 0.25) is 0 Å². The summed E-state index contributed by atoms with van der Waals surface area (Å²) >= 11 is 1.48. The van der Waals surface area contributed by atoms with Crippen molar-refractivity contribution in [2.24, 2.45) is 0 Å². The minimum Gasteiger partial charge on any atom is -0.469 e. The molecule has 0 aliphatic rings. The molecule has 0 aromatic carbocycles. The minimum absolute atomic E-state index is 0.0131. The van der Waals surface area contributed by atoms with Crippen molar-refractivity contribution in [3.05, 3.63) is 34.7 Å². The van der Waals surface area contributed by atoms with E-state index < -0.39 is 0 Å². The normalized spacial score (nSPS) is 13.7. The summed E-state index contributed by atoms with van der Waals surface area (Å²) in [5, 5.41) is 7.82. The van der Waals surface area contributed by atoms with E-state index in [4.69, 9.17) is 4.42 Å². The second-order valence-corrected chi connectivity index (χ2v) is 6.42. The van der Waals surface area contributed by atoms with Gasteiger partial charge < -0.3 is 9.73 Å². The highest BCUT2D eigenvalue weighted by Crippen LogP contribution is 2.31. The molecule has 1 atom stereocenters. The van der Waals surface area contributed by atoms with Crippen molar-refractivity contribution in [3.8, 4) is 0 Å². The fraction of sp³-hybridized carbons (Fsp3) is 0.571. The van der Waals surface area contributed by atoms with Crippen LogP contribution in [0.15, 0.2) is 22.8 Å². The number of nitrogens with one attached hydrogen (secondary N) is 1. The van der Waals surface area contributed by atoms with E-state index in [9.17, 15) is 0 Å². The molecular formula is C14H21N3OS. The first-order chi connectivity index (χ1) is 9.02. The summed E-state index contributed by atoms with van der Waals surface area (Å²) in [6.07, 6.45) is 2.54. The van der Waals surface area contributed by atoms with Crippen LogP contribution in [0.25, 0.3) is 0 Å². The van der Waals surface area contributed by atoms with Gasteiger partial charge in [-0.1, -0.05) is 32.2 Å². The zero-order valence-corrected chi connectivity index (χ0v) is 12.8. The molecule has 2 heterocycles. The largest absolute Gasteiger partial charge is 0.469 e. The highest BCUT2D eigenvalue weighted by Gasteiger charge is 2.27. The second kappa shape index (κ2) is 5.84. The van der Waals surface area contributed by atoms with E-state index in [-0.39, 0.29) is 11.5 Å². The Morgan fingerprint density at radius 1 is 1.42 bits per heavy atom. The number of furan rings is 1. The summed E-state index contributed by atoms with van der Waals surface area (Å²) < 4.78 is 9.60. The van der Waals surface area contributed by atoms with Crippen molar-refractivity contribution in [3.63, 3.8) is 0 Å². The summed E-state index contributed by atoms with van der Waals surface area (Å²) in [7, 11) is 0. The average molecular weight is 279 g/mol. The van der Waals surface area contributed by atoms with Gasteiger partial charge in [-0.05, 0) is 30.2 Å². The van der Waals surface area contributed by atoms with Gasteiger partial charge in [-0.25, -0.2) is 0 Å². The number of hydrogen-bond acceptors (Lipinski definition) is 5. The van der Waals surface area contributed by atoms with Crippen LogP contribution in [-0.4, -0.2) is 16.1 Å². The van der Waals surface area contributed by atoms with Crippen LogP contribution in [0.3, 0.4) is 0 Å². The SMILES string of the molecule is CCNC(Cc1ccco1)c1snnc1C(C)(C)C. The Hall–Kier alpha value is -1.20. The highest BCUT2D eigenvalue weighted by atomic mass is 32.1. The van der Waals surface area contributed by atoms with Crippen molar-refractivity contribution >= 4 is 11.5 Å². The maximum absolute atomic E-state index is 5.46. The van der Waals surface area contributed by atoms with E-state index in [0.717, 1.165) is 24.4 Å². The maximum atomic E-state index is 5.46. The lowest BCUT2D eigenvalue weighted by atomic mass is 9.89. The maximum Gasteiger partial charge on any atom is 0.105 e. The molecule has 2 aromatic rings.